The first kappa shape index (κ1) is 13.0. The van der Waals surface area contributed by atoms with Crippen molar-refractivity contribution in [1.82, 2.24) is 15.6 Å². The molecule has 1 aromatic heterocycles. The van der Waals surface area contributed by atoms with Crippen LogP contribution in [0.1, 0.15) is 38.3 Å². The molecule has 1 saturated heterocycles. The highest BCUT2D eigenvalue weighted by Gasteiger charge is 2.15. The monoisotopic (exact) mass is 253 g/mol. The first-order chi connectivity index (χ1) is 8.34. The largest absolute Gasteiger partial charge is 0.314 e. The van der Waals surface area contributed by atoms with Crippen molar-refractivity contribution in [2.75, 3.05) is 13.1 Å². The van der Waals surface area contributed by atoms with E-state index in [1.807, 2.05) is 5.51 Å². The van der Waals surface area contributed by atoms with Gasteiger partial charge in [-0.2, -0.15) is 0 Å². The van der Waals surface area contributed by atoms with Gasteiger partial charge in [0.05, 0.1) is 11.2 Å². The Balaban J connectivity index is 1.58. The Morgan fingerprint density at radius 1 is 1.59 bits per heavy atom. The summed E-state index contributed by atoms with van der Waals surface area (Å²) in [6.07, 6.45) is 6.38. The van der Waals surface area contributed by atoms with Crippen LogP contribution >= 0.6 is 11.3 Å². The Kier molecular flexibility index (Phi) is 5.42. The fourth-order valence-corrected chi connectivity index (χ4v) is 3.04. The van der Waals surface area contributed by atoms with Crippen LogP contribution in [0.15, 0.2) is 10.9 Å². The fourth-order valence-electron chi connectivity index (χ4n) is 2.44. The topological polar surface area (TPSA) is 37.0 Å². The number of thiazole rings is 1. The molecule has 0 saturated carbocycles. The average molecular weight is 253 g/mol. The molecule has 1 fully saturated rings. The lowest BCUT2D eigenvalue weighted by atomic mass is 9.99. The third-order valence-electron chi connectivity index (χ3n) is 3.41. The van der Waals surface area contributed by atoms with Crippen LogP contribution in [-0.4, -0.2) is 30.2 Å². The normalized spacial score (nSPS) is 22.5. The molecule has 0 radical (unpaired) electrons. The van der Waals surface area contributed by atoms with Crippen molar-refractivity contribution in [1.29, 1.82) is 0 Å². The minimum atomic E-state index is 0.601. The molecule has 2 unspecified atom stereocenters. The molecule has 0 spiro atoms. The molecule has 1 aliphatic heterocycles. The summed E-state index contributed by atoms with van der Waals surface area (Å²) in [5, 5.41) is 9.33. The molecule has 2 rings (SSSR count). The van der Waals surface area contributed by atoms with E-state index in [2.05, 4.69) is 27.9 Å². The van der Waals surface area contributed by atoms with E-state index in [0.717, 1.165) is 19.0 Å². The van der Waals surface area contributed by atoms with Crippen molar-refractivity contribution in [3.8, 4) is 0 Å². The molecule has 3 nitrogen and oxygen atoms in total. The van der Waals surface area contributed by atoms with Crippen LogP contribution in [-0.2, 0) is 6.42 Å². The van der Waals surface area contributed by atoms with Crippen molar-refractivity contribution in [3.05, 3.63) is 16.6 Å². The molecule has 1 aliphatic rings. The zero-order valence-electron chi connectivity index (χ0n) is 10.6. The highest BCUT2D eigenvalue weighted by molar-refractivity contribution is 7.07. The predicted octanol–water partition coefficient (Wildman–Crippen LogP) is 2.20. The van der Waals surface area contributed by atoms with Gasteiger partial charge < -0.3 is 10.6 Å². The highest BCUT2D eigenvalue weighted by Crippen LogP contribution is 2.11. The molecule has 2 heterocycles. The number of hydrogen-bond acceptors (Lipinski definition) is 4. The number of rotatable bonds is 6. The van der Waals surface area contributed by atoms with E-state index < -0.39 is 0 Å². The molecule has 96 valence electrons. The van der Waals surface area contributed by atoms with Gasteiger partial charge in [-0.1, -0.05) is 6.42 Å². The van der Waals surface area contributed by atoms with Gasteiger partial charge in [-0.3, -0.25) is 0 Å². The highest BCUT2D eigenvalue weighted by atomic mass is 32.1. The van der Waals surface area contributed by atoms with Crippen LogP contribution in [0.2, 0.25) is 0 Å². The Bertz CT molecular complexity index is 294. The summed E-state index contributed by atoms with van der Waals surface area (Å²) in [5.41, 5.74) is 3.12. The average Bonchev–Trinajstić information content (AvgIpc) is 2.83. The van der Waals surface area contributed by atoms with E-state index in [1.165, 1.54) is 37.9 Å². The van der Waals surface area contributed by atoms with Crippen LogP contribution in [0, 0.1) is 0 Å². The molecule has 17 heavy (non-hydrogen) atoms. The SMILES string of the molecule is CC(CC1CCCCN1)NCCc1cscn1. The number of aromatic nitrogens is 1. The molecule has 1 aromatic rings. The van der Waals surface area contributed by atoms with Gasteiger partial charge in [0, 0.05) is 30.4 Å². The van der Waals surface area contributed by atoms with Gasteiger partial charge in [0.15, 0.2) is 0 Å². The number of nitrogens with zero attached hydrogens (tertiary/aromatic N) is 1. The summed E-state index contributed by atoms with van der Waals surface area (Å²) in [6.45, 7) is 4.53. The Morgan fingerprint density at radius 3 is 3.24 bits per heavy atom. The second-order valence-electron chi connectivity index (χ2n) is 4.97. The Morgan fingerprint density at radius 2 is 2.53 bits per heavy atom. The minimum Gasteiger partial charge on any atom is -0.314 e. The van der Waals surface area contributed by atoms with Crippen molar-refractivity contribution in [2.24, 2.45) is 0 Å². The smallest absolute Gasteiger partial charge is 0.0794 e. The molecule has 0 aliphatic carbocycles. The maximum atomic E-state index is 4.29. The second-order valence-corrected chi connectivity index (χ2v) is 5.69. The maximum absolute atomic E-state index is 4.29. The van der Waals surface area contributed by atoms with Gasteiger partial charge in [0.2, 0.25) is 0 Å². The Hall–Kier alpha value is -0.450. The number of hydrogen-bond donors (Lipinski definition) is 2. The maximum Gasteiger partial charge on any atom is 0.0794 e. The lowest BCUT2D eigenvalue weighted by Gasteiger charge is -2.26. The molecule has 2 N–H and O–H groups in total. The van der Waals surface area contributed by atoms with Crippen LogP contribution in [0.3, 0.4) is 0 Å². The predicted molar refractivity (Wildman–Crippen MR) is 73.5 cm³/mol. The van der Waals surface area contributed by atoms with Crippen molar-refractivity contribution >= 4 is 11.3 Å². The summed E-state index contributed by atoms with van der Waals surface area (Å²) in [6, 6.07) is 1.33. The third-order valence-corrected chi connectivity index (χ3v) is 4.04. The van der Waals surface area contributed by atoms with Gasteiger partial charge >= 0.3 is 0 Å². The van der Waals surface area contributed by atoms with E-state index in [1.54, 1.807) is 11.3 Å². The van der Waals surface area contributed by atoms with E-state index >= 15 is 0 Å². The van der Waals surface area contributed by atoms with Gasteiger partial charge in [-0.15, -0.1) is 11.3 Å². The molecule has 0 amide bonds. The van der Waals surface area contributed by atoms with Gasteiger partial charge in [0.1, 0.15) is 0 Å². The summed E-state index contributed by atoms with van der Waals surface area (Å²) in [5.74, 6) is 0. The quantitative estimate of drug-likeness (QED) is 0.816. The van der Waals surface area contributed by atoms with Crippen molar-refractivity contribution in [3.63, 3.8) is 0 Å². The standard InChI is InChI=1S/C13H23N3S/c1-11(8-12-4-2-3-6-15-12)14-7-5-13-9-17-10-16-13/h9-12,14-15H,2-8H2,1H3. The van der Waals surface area contributed by atoms with Crippen LogP contribution < -0.4 is 10.6 Å². The fraction of sp³-hybridized carbons (Fsp3) is 0.769. The van der Waals surface area contributed by atoms with E-state index in [0.29, 0.717) is 6.04 Å². The summed E-state index contributed by atoms with van der Waals surface area (Å²) in [4.78, 5) is 4.29. The van der Waals surface area contributed by atoms with Gasteiger partial charge in [-0.25, -0.2) is 4.98 Å². The lowest BCUT2D eigenvalue weighted by molar-refractivity contribution is 0.346. The summed E-state index contributed by atoms with van der Waals surface area (Å²) < 4.78 is 0. The van der Waals surface area contributed by atoms with Gasteiger partial charge in [0.25, 0.3) is 0 Å². The van der Waals surface area contributed by atoms with Crippen LogP contribution in [0.4, 0.5) is 0 Å². The van der Waals surface area contributed by atoms with Crippen LogP contribution in [0.5, 0.6) is 0 Å². The molecule has 0 aromatic carbocycles. The molecular formula is C13H23N3S. The lowest BCUT2D eigenvalue weighted by Crippen LogP contribution is -2.40. The zero-order chi connectivity index (χ0) is 11.9. The minimum absolute atomic E-state index is 0.601. The van der Waals surface area contributed by atoms with E-state index in [4.69, 9.17) is 0 Å². The van der Waals surface area contributed by atoms with Gasteiger partial charge in [-0.05, 0) is 32.7 Å². The first-order valence-corrected chi connectivity index (χ1v) is 7.62. The summed E-state index contributed by atoms with van der Waals surface area (Å²) in [7, 11) is 0. The zero-order valence-corrected chi connectivity index (χ0v) is 11.4. The Labute approximate surface area is 108 Å². The van der Waals surface area contributed by atoms with Crippen molar-refractivity contribution in [2.45, 2.75) is 51.1 Å². The van der Waals surface area contributed by atoms with E-state index in [-0.39, 0.29) is 0 Å². The molecule has 0 bridgehead atoms. The molecular weight excluding hydrogens is 230 g/mol. The number of piperidine rings is 1. The van der Waals surface area contributed by atoms with Crippen LogP contribution in [0.25, 0.3) is 0 Å². The molecule has 4 heteroatoms. The molecule has 2 atom stereocenters. The first-order valence-electron chi connectivity index (χ1n) is 6.68. The second kappa shape index (κ2) is 7.09. The summed E-state index contributed by atoms with van der Waals surface area (Å²) >= 11 is 1.68. The number of nitrogens with one attached hydrogen (secondary N) is 2. The third kappa shape index (κ3) is 4.74. The van der Waals surface area contributed by atoms with E-state index in [9.17, 15) is 0 Å². The van der Waals surface area contributed by atoms with Crippen molar-refractivity contribution < 1.29 is 0 Å².